The highest BCUT2D eigenvalue weighted by molar-refractivity contribution is 7.09. The molecule has 0 aliphatic carbocycles. The van der Waals surface area contributed by atoms with Gasteiger partial charge in [0.05, 0.1) is 0 Å². The molecule has 0 heterocycles. The summed E-state index contributed by atoms with van der Waals surface area (Å²) >= 11 is 0. The third kappa shape index (κ3) is 2.20. The van der Waals surface area contributed by atoms with E-state index in [1.165, 1.54) is 15.6 Å². The van der Waals surface area contributed by atoms with E-state index in [9.17, 15) is 0 Å². The van der Waals surface area contributed by atoms with Gasteiger partial charge in [-0.05, 0) is 0 Å². The Balaban J connectivity index is 2.24. The summed E-state index contributed by atoms with van der Waals surface area (Å²) < 4.78 is 0. The third-order valence-electron chi connectivity index (χ3n) is 3.69. The summed E-state index contributed by atoms with van der Waals surface area (Å²) in [5.41, 5.74) is 0. The summed E-state index contributed by atoms with van der Waals surface area (Å²) in [6.07, 6.45) is 0. The zero-order chi connectivity index (χ0) is 13.8. The zero-order valence-corrected chi connectivity index (χ0v) is 12.2. The summed E-state index contributed by atoms with van der Waals surface area (Å²) in [6.45, 7) is 0. The molecule has 0 atom stereocenters. The van der Waals surface area contributed by atoms with Crippen molar-refractivity contribution in [3.63, 3.8) is 0 Å². The second kappa shape index (κ2) is 5.45. The normalized spacial score (nSPS) is 11.2. The monoisotopic (exact) mass is 275 g/mol. The van der Waals surface area contributed by atoms with Gasteiger partial charge in [-0.25, -0.2) is 0 Å². The summed E-state index contributed by atoms with van der Waals surface area (Å²) in [4.78, 5) is 0. The molecule has 20 heavy (non-hydrogen) atoms. The SMILES string of the molecule is N[Si-](c1ccccc1)(c1ccccc1)c1ccccc1. The van der Waals surface area contributed by atoms with Crippen LogP contribution in [0.2, 0.25) is 0 Å². The Hall–Kier alpha value is -2.16. The Kier molecular flexibility index (Phi) is 3.50. The summed E-state index contributed by atoms with van der Waals surface area (Å²) in [5, 5.41) is 10.7. The lowest BCUT2D eigenvalue weighted by atomic mass is 10.3. The Morgan fingerprint density at radius 2 is 0.700 bits per heavy atom. The molecule has 0 radical (unpaired) electrons. The highest BCUT2D eigenvalue weighted by Gasteiger charge is 2.21. The molecule has 3 rings (SSSR count). The van der Waals surface area contributed by atoms with E-state index in [0.717, 1.165) is 0 Å². The van der Waals surface area contributed by atoms with Gasteiger partial charge in [0.1, 0.15) is 0 Å². The number of benzene rings is 3. The summed E-state index contributed by atoms with van der Waals surface area (Å²) in [6, 6.07) is 31.4. The quantitative estimate of drug-likeness (QED) is 0.570. The van der Waals surface area contributed by atoms with Gasteiger partial charge in [-0.1, -0.05) is 91.0 Å². The average Bonchev–Trinajstić information content (AvgIpc) is 2.56. The van der Waals surface area contributed by atoms with Crippen LogP contribution in [0.1, 0.15) is 0 Å². The summed E-state index contributed by atoms with van der Waals surface area (Å²) in [5.74, 6) is 0. The van der Waals surface area contributed by atoms with E-state index in [1.807, 2.05) is 18.2 Å². The maximum atomic E-state index is 7.00. The van der Waals surface area contributed by atoms with Crippen molar-refractivity contribution < 1.29 is 0 Å². The lowest BCUT2D eigenvalue weighted by Gasteiger charge is -2.41. The van der Waals surface area contributed by atoms with Crippen LogP contribution in [-0.4, -0.2) is 8.24 Å². The number of nitrogens with two attached hydrogens (primary N) is 1. The minimum atomic E-state index is -2.38. The van der Waals surface area contributed by atoms with Crippen LogP contribution in [0.4, 0.5) is 0 Å². The first-order valence-electron chi connectivity index (χ1n) is 6.77. The highest BCUT2D eigenvalue weighted by atomic mass is 28.3. The van der Waals surface area contributed by atoms with E-state index in [4.69, 9.17) is 5.40 Å². The molecule has 99 valence electrons. The van der Waals surface area contributed by atoms with Gasteiger partial charge >= 0.3 is 0 Å². The molecule has 0 fully saturated rings. The van der Waals surface area contributed by atoms with Crippen molar-refractivity contribution in [3.8, 4) is 0 Å². The van der Waals surface area contributed by atoms with E-state index in [0.29, 0.717) is 0 Å². The molecule has 1 nitrogen and oxygen atoms in total. The van der Waals surface area contributed by atoms with Crippen LogP contribution >= 0.6 is 0 Å². The van der Waals surface area contributed by atoms with E-state index in [1.54, 1.807) is 0 Å². The Bertz CT molecular complexity index is 569. The predicted molar refractivity (Wildman–Crippen MR) is 88.2 cm³/mol. The van der Waals surface area contributed by atoms with Crippen molar-refractivity contribution in [2.75, 3.05) is 0 Å². The predicted octanol–water partition coefficient (Wildman–Crippen LogP) is 1.61. The minimum absolute atomic E-state index is 1.23. The molecule has 3 aromatic rings. The van der Waals surface area contributed by atoms with Crippen LogP contribution in [0.5, 0.6) is 0 Å². The average molecular weight is 275 g/mol. The van der Waals surface area contributed by atoms with Gasteiger partial charge < -0.3 is 5.40 Å². The third-order valence-corrected chi connectivity index (χ3v) is 7.42. The molecule has 0 aromatic heterocycles. The zero-order valence-electron chi connectivity index (χ0n) is 11.2. The Morgan fingerprint density at radius 1 is 0.450 bits per heavy atom. The number of hydrogen-bond acceptors (Lipinski definition) is 1. The van der Waals surface area contributed by atoms with E-state index in [-0.39, 0.29) is 0 Å². The molecule has 0 aliphatic rings. The molecule has 0 amide bonds. The summed E-state index contributed by atoms with van der Waals surface area (Å²) in [7, 11) is -2.38. The molecular formula is C18H17NSi-. The maximum absolute atomic E-state index is 7.00. The van der Waals surface area contributed by atoms with Crippen molar-refractivity contribution in [2.45, 2.75) is 0 Å². The Morgan fingerprint density at radius 3 is 0.950 bits per heavy atom. The van der Waals surface area contributed by atoms with Gasteiger partial charge in [0.2, 0.25) is 0 Å². The lowest BCUT2D eigenvalue weighted by Crippen LogP contribution is -2.74. The van der Waals surface area contributed by atoms with Crippen molar-refractivity contribution in [1.29, 1.82) is 0 Å². The van der Waals surface area contributed by atoms with Crippen LogP contribution < -0.4 is 21.0 Å². The molecule has 0 saturated heterocycles. The van der Waals surface area contributed by atoms with Gasteiger partial charge in [-0.2, -0.15) is 15.6 Å². The molecule has 2 heteroatoms. The molecule has 2 N–H and O–H groups in total. The topological polar surface area (TPSA) is 26.0 Å². The second-order valence-corrected chi connectivity index (χ2v) is 8.25. The number of hydrogen-bond donors (Lipinski definition) is 1. The van der Waals surface area contributed by atoms with Gasteiger partial charge in [-0.15, -0.1) is 0 Å². The largest absolute Gasteiger partial charge is 0.469 e. The fraction of sp³-hybridized carbons (Fsp3) is 0. The van der Waals surface area contributed by atoms with Crippen molar-refractivity contribution >= 4 is 23.8 Å². The molecule has 0 bridgehead atoms. The lowest BCUT2D eigenvalue weighted by molar-refractivity contribution is 1.61. The van der Waals surface area contributed by atoms with Crippen LogP contribution in [-0.2, 0) is 0 Å². The van der Waals surface area contributed by atoms with Gasteiger partial charge in [0.15, 0.2) is 0 Å². The first kappa shape index (κ1) is 12.8. The molecule has 0 saturated carbocycles. The first-order chi connectivity index (χ1) is 9.82. The van der Waals surface area contributed by atoms with E-state index >= 15 is 0 Å². The maximum Gasteiger partial charge on any atom is 0.0116 e. The smallest absolute Gasteiger partial charge is 0.0116 e. The van der Waals surface area contributed by atoms with Crippen LogP contribution in [0.25, 0.3) is 0 Å². The highest BCUT2D eigenvalue weighted by Crippen LogP contribution is 2.01. The van der Waals surface area contributed by atoms with E-state index in [2.05, 4.69) is 72.8 Å². The first-order valence-corrected chi connectivity index (χ1v) is 8.85. The molecular weight excluding hydrogens is 258 g/mol. The van der Waals surface area contributed by atoms with Crippen LogP contribution in [0, 0.1) is 0 Å². The number of rotatable bonds is 3. The van der Waals surface area contributed by atoms with Crippen molar-refractivity contribution in [1.82, 2.24) is 0 Å². The van der Waals surface area contributed by atoms with Gasteiger partial charge in [0.25, 0.3) is 0 Å². The van der Waals surface area contributed by atoms with Crippen molar-refractivity contribution in [2.24, 2.45) is 5.40 Å². The molecule has 0 unspecified atom stereocenters. The second-order valence-electron chi connectivity index (χ2n) is 4.91. The molecule has 0 aliphatic heterocycles. The van der Waals surface area contributed by atoms with E-state index < -0.39 is 8.24 Å². The fourth-order valence-corrected chi connectivity index (χ4v) is 5.76. The van der Waals surface area contributed by atoms with Gasteiger partial charge in [0, 0.05) is 8.24 Å². The minimum Gasteiger partial charge on any atom is -0.469 e. The van der Waals surface area contributed by atoms with Crippen LogP contribution in [0.3, 0.4) is 0 Å². The van der Waals surface area contributed by atoms with Crippen molar-refractivity contribution in [3.05, 3.63) is 91.0 Å². The standard InChI is InChI=1S/C18H17NSi/c19-20(16-10-4-1-5-11-16,17-12-6-2-7-13-17)18-14-8-3-9-15-18/h1-15H,19H2/q-1. The Labute approximate surface area is 120 Å². The van der Waals surface area contributed by atoms with Crippen LogP contribution in [0.15, 0.2) is 91.0 Å². The molecule has 3 aromatic carbocycles. The van der Waals surface area contributed by atoms with Gasteiger partial charge in [-0.3, -0.25) is 0 Å². The molecule has 0 spiro atoms. The fourth-order valence-electron chi connectivity index (χ4n) is 2.60.